The van der Waals surface area contributed by atoms with Crippen LogP contribution in [0.1, 0.15) is 27.3 Å². The lowest BCUT2D eigenvalue weighted by Gasteiger charge is -2.10. The quantitative estimate of drug-likeness (QED) is 0.900. The zero-order valence-corrected chi connectivity index (χ0v) is 10.4. The van der Waals surface area contributed by atoms with Gasteiger partial charge in [-0.3, -0.25) is 0 Å². The van der Waals surface area contributed by atoms with Crippen molar-refractivity contribution >= 4 is 5.97 Å². The molecule has 0 fully saturated rings. The summed E-state index contributed by atoms with van der Waals surface area (Å²) in [7, 11) is 0. The number of hydrogen-bond donors (Lipinski definition) is 1. The van der Waals surface area contributed by atoms with Crippen LogP contribution in [0.4, 0.5) is 4.39 Å². The minimum atomic E-state index is -1.01. The van der Waals surface area contributed by atoms with Crippen LogP contribution in [0.5, 0.6) is 0 Å². The fourth-order valence-electron chi connectivity index (χ4n) is 2.11. The monoisotopic (exact) mass is 258 g/mol. The molecule has 0 bridgehead atoms. The van der Waals surface area contributed by atoms with Crippen molar-refractivity contribution < 1.29 is 14.3 Å². The minimum Gasteiger partial charge on any atom is -0.478 e. The number of nitriles is 1. The first kappa shape index (κ1) is 12.8. The molecule has 96 valence electrons. The van der Waals surface area contributed by atoms with E-state index in [0.717, 1.165) is 0 Å². The highest BCUT2D eigenvalue weighted by Crippen LogP contribution is 2.22. The van der Waals surface area contributed by atoms with E-state index in [-0.39, 0.29) is 11.1 Å². The van der Waals surface area contributed by atoms with Gasteiger partial charge in [-0.05, 0) is 38.1 Å². The summed E-state index contributed by atoms with van der Waals surface area (Å²) in [6, 6.07) is 7.44. The van der Waals surface area contributed by atoms with Gasteiger partial charge in [0.15, 0.2) is 0 Å². The van der Waals surface area contributed by atoms with E-state index in [2.05, 4.69) is 0 Å². The molecule has 4 nitrogen and oxygen atoms in total. The SMILES string of the molecule is Cc1cc(C(=O)O)c(C)n1-c1ccc(F)c(C#N)c1. The lowest BCUT2D eigenvalue weighted by molar-refractivity contribution is 0.0696. The maximum atomic E-state index is 13.3. The number of halogens is 1. The highest BCUT2D eigenvalue weighted by atomic mass is 19.1. The number of rotatable bonds is 2. The number of nitrogens with zero attached hydrogens (tertiary/aromatic N) is 2. The number of carboxylic acids is 1. The minimum absolute atomic E-state index is 0.0677. The second-order valence-corrected chi connectivity index (χ2v) is 4.20. The van der Waals surface area contributed by atoms with E-state index in [1.807, 2.05) is 0 Å². The number of aromatic nitrogens is 1. The van der Waals surface area contributed by atoms with Crippen molar-refractivity contribution in [1.29, 1.82) is 5.26 Å². The number of aromatic carboxylic acids is 1. The van der Waals surface area contributed by atoms with Crippen molar-refractivity contribution in [3.8, 4) is 11.8 Å². The second-order valence-electron chi connectivity index (χ2n) is 4.20. The standard InChI is InChI=1S/C14H11FN2O2/c1-8-5-12(14(18)19)9(2)17(8)11-3-4-13(15)10(6-11)7-16/h3-6H,1-2H3,(H,18,19). The molecule has 2 rings (SSSR count). The zero-order chi connectivity index (χ0) is 14.2. The number of aryl methyl sites for hydroxylation is 1. The van der Waals surface area contributed by atoms with E-state index in [9.17, 15) is 9.18 Å². The molecule has 0 aliphatic carbocycles. The number of carboxylic acid groups (broad SMARTS) is 1. The molecule has 0 saturated carbocycles. The van der Waals surface area contributed by atoms with Gasteiger partial charge in [0.25, 0.3) is 0 Å². The largest absolute Gasteiger partial charge is 0.478 e. The van der Waals surface area contributed by atoms with Gasteiger partial charge >= 0.3 is 5.97 Å². The Morgan fingerprint density at radius 2 is 2.05 bits per heavy atom. The van der Waals surface area contributed by atoms with Gasteiger partial charge in [-0.25, -0.2) is 9.18 Å². The maximum Gasteiger partial charge on any atom is 0.337 e. The first-order valence-electron chi connectivity index (χ1n) is 5.58. The molecular formula is C14H11FN2O2. The molecule has 1 aromatic carbocycles. The Morgan fingerprint density at radius 1 is 1.37 bits per heavy atom. The summed E-state index contributed by atoms with van der Waals surface area (Å²) in [6.07, 6.45) is 0. The molecule has 0 spiro atoms. The summed E-state index contributed by atoms with van der Waals surface area (Å²) in [5.74, 6) is -1.60. The van der Waals surface area contributed by atoms with Crippen LogP contribution in [-0.4, -0.2) is 15.6 Å². The van der Waals surface area contributed by atoms with Crippen LogP contribution >= 0.6 is 0 Å². The highest BCUT2D eigenvalue weighted by Gasteiger charge is 2.16. The molecule has 0 unspecified atom stereocenters. The molecular weight excluding hydrogens is 247 g/mol. The highest BCUT2D eigenvalue weighted by molar-refractivity contribution is 5.89. The number of benzene rings is 1. The Kier molecular flexibility index (Phi) is 3.09. The summed E-state index contributed by atoms with van der Waals surface area (Å²) in [4.78, 5) is 11.1. The summed E-state index contributed by atoms with van der Waals surface area (Å²) in [5, 5.41) is 17.9. The van der Waals surface area contributed by atoms with Crippen LogP contribution in [0, 0.1) is 31.0 Å². The lowest BCUT2D eigenvalue weighted by atomic mass is 10.2. The van der Waals surface area contributed by atoms with Crippen molar-refractivity contribution in [3.05, 3.63) is 52.6 Å². The molecule has 5 heteroatoms. The molecule has 0 amide bonds. The third-order valence-electron chi connectivity index (χ3n) is 2.99. The third kappa shape index (κ3) is 2.08. The van der Waals surface area contributed by atoms with E-state index < -0.39 is 11.8 Å². The molecule has 0 saturated heterocycles. The zero-order valence-electron chi connectivity index (χ0n) is 10.4. The van der Waals surface area contributed by atoms with Gasteiger partial charge in [-0.2, -0.15) is 5.26 Å². The van der Waals surface area contributed by atoms with Crippen molar-refractivity contribution in [2.24, 2.45) is 0 Å². The molecule has 1 N–H and O–H groups in total. The maximum absolute atomic E-state index is 13.3. The van der Waals surface area contributed by atoms with Crippen LogP contribution in [-0.2, 0) is 0 Å². The average Bonchev–Trinajstić information content (AvgIpc) is 2.66. The topological polar surface area (TPSA) is 66.0 Å². The normalized spacial score (nSPS) is 10.2. The molecule has 0 aliphatic heterocycles. The van der Waals surface area contributed by atoms with Crippen LogP contribution < -0.4 is 0 Å². The van der Waals surface area contributed by atoms with Gasteiger partial charge < -0.3 is 9.67 Å². The van der Waals surface area contributed by atoms with Gasteiger partial charge in [-0.15, -0.1) is 0 Å². The van der Waals surface area contributed by atoms with E-state index in [1.54, 1.807) is 30.6 Å². The van der Waals surface area contributed by atoms with E-state index in [4.69, 9.17) is 10.4 Å². The molecule has 19 heavy (non-hydrogen) atoms. The van der Waals surface area contributed by atoms with Gasteiger partial charge in [0.1, 0.15) is 11.9 Å². The Balaban J connectivity index is 2.66. The summed E-state index contributed by atoms with van der Waals surface area (Å²) in [5.41, 5.74) is 1.95. The third-order valence-corrected chi connectivity index (χ3v) is 2.99. The molecule has 1 heterocycles. The number of carbonyl (C=O) groups is 1. The number of hydrogen-bond acceptors (Lipinski definition) is 2. The Hall–Kier alpha value is -2.61. The van der Waals surface area contributed by atoms with Crippen LogP contribution in [0.2, 0.25) is 0 Å². The van der Waals surface area contributed by atoms with Gasteiger partial charge in [0.05, 0.1) is 11.1 Å². The van der Waals surface area contributed by atoms with E-state index in [0.29, 0.717) is 17.1 Å². The molecule has 0 radical (unpaired) electrons. The van der Waals surface area contributed by atoms with Crippen LogP contribution in [0.25, 0.3) is 5.69 Å². The summed E-state index contributed by atoms with van der Waals surface area (Å²) >= 11 is 0. The molecule has 0 aliphatic rings. The van der Waals surface area contributed by atoms with Crippen molar-refractivity contribution in [1.82, 2.24) is 4.57 Å². The van der Waals surface area contributed by atoms with Crippen LogP contribution in [0.3, 0.4) is 0 Å². The van der Waals surface area contributed by atoms with Crippen molar-refractivity contribution in [2.45, 2.75) is 13.8 Å². The van der Waals surface area contributed by atoms with Crippen LogP contribution in [0.15, 0.2) is 24.3 Å². The van der Waals surface area contributed by atoms with Gasteiger partial charge in [-0.1, -0.05) is 0 Å². The second kappa shape index (κ2) is 4.58. The van der Waals surface area contributed by atoms with Gasteiger partial charge in [0.2, 0.25) is 0 Å². The summed E-state index contributed by atoms with van der Waals surface area (Å²) in [6.45, 7) is 3.43. The van der Waals surface area contributed by atoms with Crippen molar-refractivity contribution in [3.63, 3.8) is 0 Å². The van der Waals surface area contributed by atoms with Crippen molar-refractivity contribution in [2.75, 3.05) is 0 Å². The fourth-order valence-corrected chi connectivity index (χ4v) is 2.11. The Labute approximate surface area is 109 Å². The fraction of sp³-hybridized carbons (Fsp3) is 0.143. The lowest BCUT2D eigenvalue weighted by Crippen LogP contribution is -2.03. The molecule has 1 aromatic heterocycles. The first-order chi connectivity index (χ1) is 8.95. The predicted octanol–water partition coefficient (Wildman–Crippen LogP) is 2.80. The average molecular weight is 258 g/mol. The van der Waals surface area contributed by atoms with E-state index >= 15 is 0 Å². The first-order valence-corrected chi connectivity index (χ1v) is 5.58. The molecule has 2 aromatic rings. The smallest absolute Gasteiger partial charge is 0.337 e. The molecule has 0 atom stereocenters. The summed E-state index contributed by atoms with van der Waals surface area (Å²) < 4.78 is 15.0. The Bertz CT molecular complexity index is 711. The predicted molar refractivity (Wildman–Crippen MR) is 66.9 cm³/mol. The Morgan fingerprint density at radius 3 is 2.58 bits per heavy atom. The van der Waals surface area contributed by atoms with E-state index in [1.165, 1.54) is 18.2 Å². The van der Waals surface area contributed by atoms with Gasteiger partial charge in [0, 0.05) is 17.1 Å².